The Hall–Kier alpha value is -2.58. The van der Waals surface area contributed by atoms with Crippen LogP contribution >= 0.6 is 11.3 Å². The third kappa shape index (κ3) is 3.45. The number of imidazole rings is 1. The van der Waals surface area contributed by atoms with Gasteiger partial charge >= 0.3 is 0 Å². The van der Waals surface area contributed by atoms with Crippen LogP contribution in [-0.2, 0) is 6.54 Å². The molecule has 1 fully saturated rings. The quantitative estimate of drug-likeness (QED) is 0.545. The molecule has 28 heavy (non-hydrogen) atoms. The van der Waals surface area contributed by atoms with Gasteiger partial charge in [0, 0.05) is 12.1 Å². The molecule has 1 saturated carbocycles. The van der Waals surface area contributed by atoms with E-state index in [1.807, 2.05) is 10.6 Å². The van der Waals surface area contributed by atoms with Crippen LogP contribution in [0.2, 0.25) is 0 Å². The summed E-state index contributed by atoms with van der Waals surface area (Å²) in [6, 6.07) is 8.00. The molecular formula is C20H20FN5OS. The largest absolute Gasteiger partial charge is 0.393 e. The van der Waals surface area contributed by atoms with Crippen molar-refractivity contribution in [2.75, 3.05) is 5.32 Å². The van der Waals surface area contributed by atoms with E-state index in [4.69, 9.17) is 4.98 Å². The van der Waals surface area contributed by atoms with Crippen molar-refractivity contribution in [2.24, 2.45) is 0 Å². The molecule has 2 N–H and O–H groups in total. The molecule has 3 heterocycles. The molecule has 3 aromatic heterocycles. The Balaban J connectivity index is 1.36. The summed E-state index contributed by atoms with van der Waals surface area (Å²) < 4.78 is 16.3. The van der Waals surface area contributed by atoms with Crippen molar-refractivity contribution >= 4 is 37.8 Å². The summed E-state index contributed by atoms with van der Waals surface area (Å²) in [5.41, 5.74) is 3.33. The first kappa shape index (κ1) is 17.5. The molecule has 0 atom stereocenters. The van der Waals surface area contributed by atoms with Crippen LogP contribution < -0.4 is 5.32 Å². The maximum atomic E-state index is 13.3. The predicted octanol–water partition coefficient (Wildman–Crippen LogP) is 3.94. The number of pyridine rings is 1. The maximum Gasteiger partial charge on any atom is 0.184 e. The molecule has 1 aromatic carbocycles. The minimum atomic E-state index is -0.378. The van der Waals surface area contributed by atoms with E-state index in [0.29, 0.717) is 23.8 Å². The number of aliphatic hydroxyl groups excluding tert-OH is 1. The Morgan fingerprint density at radius 1 is 1.14 bits per heavy atom. The Labute approximate surface area is 165 Å². The summed E-state index contributed by atoms with van der Waals surface area (Å²) in [5, 5.41) is 14.1. The Morgan fingerprint density at radius 2 is 2.00 bits per heavy atom. The smallest absolute Gasteiger partial charge is 0.184 e. The van der Waals surface area contributed by atoms with Gasteiger partial charge in [0.25, 0.3) is 0 Å². The van der Waals surface area contributed by atoms with E-state index in [-0.39, 0.29) is 11.9 Å². The number of nitrogens with one attached hydrogen (secondary N) is 1. The van der Waals surface area contributed by atoms with Crippen LogP contribution in [0, 0.1) is 5.82 Å². The molecule has 1 aliphatic carbocycles. The standard InChI is InChI=1S/C20H20FN5OS/c21-13-8-17-19(22-9-13)26(11-23-17)10-12-1-6-16-18(7-12)28-20(25-16)24-14-2-4-15(27)5-3-14/h1,6-9,11,14-15,27H,2-5,10H2,(H,24,25)/t14-,15-. The number of thiazole rings is 1. The normalized spacial score (nSPS) is 20.1. The number of benzene rings is 1. The molecule has 0 spiro atoms. The van der Waals surface area contributed by atoms with Crippen molar-refractivity contribution in [2.45, 2.75) is 44.4 Å². The molecule has 0 amide bonds. The van der Waals surface area contributed by atoms with Gasteiger partial charge in [-0.15, -0.1) is 0 Å². The number of hydrogen-bond donors (Lipinski definition) is 2. The SMILES string of the molecule is O[C@H]1CC[C@H](Nc2nc3ccc(Cn4cnc5cc(F)cnc54)cc3s2)CC1. The molecule has 6 nitrogen and oxygen atoms in total. The molecule has 0 aliphatic heterocycles. The molecule has 1 aliphatic rings. The number of nitrogens with zero attached hydrogens (tertiary/aromatic N) is 4. The average Bonchev–Trinajstić information content (AvgIpc) is 3.26. The minimum absolute atomic E-state index is 0.152. The number of rotatable bonds is 4. The number of aromatic nitrogens is 4. The summed E-state index contributed by atoms with van der Waals surface area (Å²) in [6.07, 6.45) is 6.41. The van der Waals surface area contributed by atoms with Gasteiger partial charge in [0.15, 0.2) is 10.8 Å². The molecule has 5 rings (SSSR count). The van der Waals surface area contributed by atoms with E-state index in [2.05, 4.69) is 27.4 Å². The van der Waals surface area contributed by atoms with E-state index in [9.17, 15) is 9.50 Å². The number of hydrogen-bond acceptors (Lipinski definition) is 6. The highest BCUT2D eigenvalue weighted by molar-refractivity contribution is 7.22. The van der Waals surface area contributed by atoms with E-state index >= 15 is 0 Å². The van der Waals surface area contributed by atoms with Gasteiger partial charge in [-0.3, -0.25) is 0 Å². The van der Waals surface area contributed by atoms with E-state index < -0.39 is 0 Å². The lowest BCUT2D eigenvalue weighted by Gasteiger charge is -2.25. The van der Waals surface area contributed by atoms with Crippen LogP contribution in [0.25, 0.3) is 21.4 Å². The van der Waals surface area contributed by atoms with E-state index in [1.54, 1.807) is 17.7 Å². The highest BCUT2D eigenvalue weighted by Crippen LogP contribution is 2.30. The zero-order chi connectivity index (χ0) is 19.1. The van der Waals surface area contributed by atoms with Crippen LogP contribution in [0.3, 0.4) is 0 Å². The summed E-state index contributed by atoms with van der Waals surface area (Å²) in [7, 11) is 0. The van der Waals surface area contributed by atoms with Gasteiger partial charge in [-0.1, -0.05) is 17.4 Å². The van der Waals surface area contributed by atoms with Gasteiger partial charge in [0.05, 0.1) is 35.4 Å². The fourth-order valence-electron chi connectivity index (χ4n) is 3.76. The van der Waals surface area contributed by atoms with Crippen molar-refractivity contribution in [1.29, 1.82) is 0 Å². The van der Waals surface area contributed by atoms with Crippen LogP contribution in [-0.4, -0.2) is 36.8 Å². The average molecular weight is 397 g/mol. The highest BCUT2D eigenvalue weighted by Gasteiger charge is 2.20. The summed E-state index contributed by atoms with van der Waals surface area (Å²) >= 11 is 1.65. The topological polar surface area (TPSA) is 75.9 Å². The van der Waals surface area contributed by atoms with Gasteiger partial charge < -0.3 is 15.0 Å². The van der Waals surface area contributed by atoms with Crippen LogP contribution in [0.1, 0.15) is 31.2 Å². The summed E-state index contributed by atoms with van der Waals surface area (Å²) in [5.74, 6) is -0.378. The zero-order valence-corrected chi connectivity index (χ0v) is 16.0. The zero-order valence-electron chi connectivity index (χ0n) is 15.2. The molecule has 0 bridgehead atoms. The molecule has 144 valence electrons. The fourth-order valence-corrected chi connectivity index (χ4v) is 4.77. The lowest BCUT2D eigenvalue weighted by Crippen LogP contribution is -2.28. The Bertz CT molecular complexity index is 1130. The van der Waals surface area contributed by atoms with Gasteiger partial charge in [-0.05, 0) is 43.4 Å². The van der Waals surface area contributed by atoms with Crippen molar-refractivity contribution < 1.29 is 9.50 Å². The molecule has 0 saturated heterocycles. The summed E-state index contributed by atoms with van der Waals surface area (Å²) in [6.45, 7) is 0.617. The van der Waals surface area contributed by atoms with E-state index in [1.165, 1.54) is 12.3 Å². The predicted molar refractivity (Wildman–Crippen MR) is 108 cm³/mol. The van der Waals surface area contributed by atoms with Crippen molar-refractivity contribution in [3.8, 4) is 0 Å². The van der Waals surface area contributed by atoms with Gasteiger partial charge in [0.1, 0.15) is 11.3 Å². The first-order chi connectivity index (χ1) is 13.6. The highest BCUT2D eigenvalue weighted by atomic mass is 32.1. The third-order valence-electron chi connectivity index (χ3n) is 5.25. The number of anilines is 1. The van der Waals surface area contributed by atoms with Gasteiger partial charge in [-0.2, -0.15) is 0 Å². The van der Waals surface area contributed by atoms with Crippen molar-refractivity contribution in [3.05, 3.63) is 48.2 Å². The monoisotopic (exact) mass is 397 g/mol. The first-order valence-corrected chi connectivity index (χ1v) is 10.3. The van der Waals surface area contributed by atoms with Crippen molar-refractivity contribution in [3.63, 3.8) is 0 Å². The lowest BCUT2D eigenvalue weighted by molar-refractivity contribution is 0.126. The van der Waals surface area contributed by atoms with Gasteiger partial charge in [-0.25, -0.2) is 19.3 Å². The first-order valence-electron chi connectivity index (χ1n) is 9.44. The van der Waals surface area contributed by atoms with Crippen molar-refractivity contribution in [1.82, 2.24) is 19.5 Å². The minimum Gasteiger partial charge on any atom is -0.393 e. The second-order valence-electron chi connectivity index (χ2n) is 7.34. The maximum absolute atomic E-state index is 13.3. The molecule has 4 aromatic rings. The van der Waals surface area contributed by atoms with Crippen LogP contribution in [0.15, 0.2) is 36.8 Å². The summed E-state index contributed by atoms with van der Waals surface area (Å²) in [4.78, 5) is 13.1. The molecule has 0 unspecified atom stereocenters. The molecular weight excluding hydrogens is 377 g/mol. The molecule has 0 radical (unpaired) electrons. The number of fused-ring (bicyclic) bond motifs is 2. The van der Waals surface area contributed by atoms with E-state index in [0.717, 1.165) is 46.6 Å². The second kappa shape index (κ2) is 7.10. The third-order valence-corrected chi connectivity index (χ3v) is 6.20. The fraction of sp³-hybridized carbons (Fsp3) is 0.350. The number of aliphatic hydroxyl groups is 1. The molecule has 8 heteroatoms. The van der Waals surface area contributed by atoms with Crippen LogP contribution in [0.5, 0.6) is 0 Å². The van der Waals surface area contributed by atoms with Crippen LogP contribution in [0.4, 0.5) is 9.52 Å². The Morgan fingerprint density at radius 3 is 2.86 bits per heavy atom. The Kier molecular flexibility index (Phi) is 4.44. The van der Waals surface area contributed by atoms with Gasteiger partial charge in [0.2, 0.25) is 0 Å². The lowest BCUT2D eigenvalue weighted by atomic mass is 9.93. The number of halogens is 1. The second-order valence-corrected chi connectivity index (χ2v) is 8.37.